The largest absolute Gasteiger partial charge is 0.497 e. The molecule has 4 aromatic rings. The maximum Gasteiger partial charge on any atom is 0.336 e. The zero-order chi connectivity index (χ0) is 30.8. The predicted molar refractivity (Wildman–Crippen MR) is 162 cm³/mol. The molecule has 0 atom stereocenters. The van der Waals surface area contributed by atoms with E-state index in [9.17, 15) is 24.5 Å². The van der Waals surface area contributed by atoms with Crippen molar-refractivity contribution in [1.29, 1.82) is 0 Å². The number of nitro groups is 1. The third-order valence-corrected chi connectivity index (χ3v) is 6.08. The number of nitrogens with one attached hydrogen (secondary N) is 2. The summed E-state index contributed by atoms with van der Waals surface area (Å²) in [6.07, 6.45) is 3.74. The lowest BCUT2D eigenvalue weighted by atomic mass is 10.1. The zero-order valence-corrected chi connectivity index (χ0v) is 23.3. The van der Waals surface area contributed by atoms with Crippen LogP contribution in [0, 0.1) is 10.1 Å². The van der Waals surface area contributed by atoms with Gasteiger partial charge in [-0.1, -0.05) is 29.8 Å². The van der Waals surface area contributed by atoms with Crippen molar-refractivity contribution in [2.45, 2.75) is 0 Å². The van der Waals surface area contributed by atoms with E-state index >= 15 is 0 Å². The number of benzene rings is 4. The molecular weight excluding hydrogens is 576 g/mol. The molecular formula is C31H23ClN4O7. The lowest BCUT2D eigenvalue weighted by Gasteiger charge is -2.07. The monoisotopic (exact) mass is 598 g/mol. The van der Waals surface area contributed by atoms with Gasteiger partial charge in [0.15, 0.2) is 0 Å². The van der Waals surface area contributed by atoms with E-state index in [4.69, 9.17) is 21.1 Å². The summed E-state index contributed by atoms with van der Waals surface area (Å²) < 4.78 is 10.4. The van der Waals surface area contributed by atoms with Gasteiger partial charge in [0.2, 0.25) is 5.75 Å². The third-order valence-electron chi connectivity index (χ3n) is 5.83. The highest BCUT2D eigenvalue weighted by Crippen LogP contribution is 2.30. The zero-order valence-electron chi connectivity index (χ0n) is 22.5. The Bertz CT molecular complexity index is 1700. The minimum Gasteiger partial charge on any atom is -0.497 e. The summed E-state index contributed by atoms with van der Waals surface area (Å²) in [5, 5.41) is 18.7. The van der Waals surface area contributed by atoms with Crippen molar-refractivity contribution in [2.24, 2.45) is 5.10 Å². The second-order valence-corrected chi connectivity index (χ2v) is 9.15. The summed E-state index contributed by atoms with van der Waals surface area (Å²) in [7, 11) is 1.53. The molecule has 0 fully saturated rings. The first kappa shape index (κ1) is 30.2. The molecule has 0 aliphatic heterocycles. The maximum absolute atomic E-state index is 12.6. The summed E-state index contributed by atoms with van der Waals surface area (Å²) >= 11 is 5.85. The molecule has 0 radical (unpaired) electrons. The van der Waals surface area contributed by atoms with E-state index in [-0.39, 0.29) is 22.8 Å². The molecule has 4 aromatic carbocycles. The number of amides is 2. The highest BCUT2D eigenvalue weighted by atomic mass is 35.5. The number of anilines is 1. The SMILES string of the molecule is COc1ccc(/C=C/C(=O)Oc2c(/C=N/NC(=O)c3ccc(NC(=O)c4ccc(Cl)cc4)cc3)cccc2[N+](=O)[O-])cc1. The Labute approximate surface area is 250 Å². The molecule has 0 saturated heterocycles. The lowest BCUT2D eigenvalue weighted by molar-refractivity contribution is -0.385. The van der Waals surface area contributed by atoms with Gasteiger partial charge in [0.25, 0.3) is 11.8 Å². The van der Waals surface area contributed by atoms with Crippen molar-refractivity contribution < 1.29 is 28.8 Å². The van der Waals surface area contributed by atoms with Gasteiger partial charge < -0.3 is 14.8 Å². The molecule has 0 unspecified atom stereocenters. The molecule has 12 heteroatoms. The number of halogens is 1. The van der Waals surface area contributed by atoms with E-state index in [1.54, 1.807) is 60.7 Å². The van der Waals surface area contributed by atoms with E-state index in [2.05, 4.69) is 15.8 Å². The van der Waals surface area contributed by atoms with Crippen LogP contribution in [0.15, 0.2) is 102 Å². The molecule has 43 heavy (non-hydrogen) atoms. The highest BCUT2D eigenvalue weighted by Gasteiger charge is 2.20. The van der Waals surface area contributed by atoms with Gasteiger partial charge >= 0.3 is 11.7 Å². The smallest absolute Gasteiger partial charge is 0.336 e. The van der Waals surface area contributed by atoms with Gasteiger partial charge in [-0.2, -0.15) is 5.10 Å². The maximum atomic E-state index is 12.6. The number of hydrogen-bond acceptors (Lipinski definition) is 8. The number of nitro benzene ring substituents is 1. The van der Waals surface area contributed by atoms with Gasteiger partial charge in [-0.3, -0.25) is 19.7 Å². The van der Waals surface area contributed by atoms with E-state index < -0.39 is 22.5 Å². The molecule has 2 amide bonds. The van der Waals surface area contributed by atoms with Crippen LogP contribution in [-0.2, 0) is 4.79 Å². The summed E-state index contributed by atoms with van der Waals surface area (Å²) in [6.45, 7) is 0. The van der Waals surface area contributed by atoms with Crippen molar-refractivity contribution in [3.05, 3.63) is 134 Å². The minimum atomic E-state index is -0.855. The molecule has 0 aliphatic carbocycles. The van der Waals surface area contributed by atoms with E-state index in [0.717, 1.165) is 12.3 Å². The fraction of sp³-hybridized carbons (Fsp3) is 0.0323. The van der Waals surface area contributed by atoms with Gasteiger partial charge in [-0.25, -0.2) is 10.2 Å². The Hall–Kier alpha value is -5.81. The number of para-hydroxylation sites is 1. The number of rotatable bonds is 10. The fourth-order valence-electron chi connectivity index (χ4n) is 3.65. The van der Waals surface area contributed by atoms with Gasteiger partial charge in [0.1, 0.15) is 5.75 Å². The van der Waals surface area contributed by atoms with Crippen LogP contribution in [0.4, 0.5) is 11.4 Å². The van der Waals surface area contributed by atoms with E-state index in [0.29, 0.717) is 27.6 Å². The predicted octanol–water partition coefficient (Wildman–Crippen LogP) is 5.89. The molecule has 0 saturated carbocycles. The van der Waals surface area contributed by atoms with Crippen molar-refractivity contribution >= 4 is 53.0 Å². The number of methoxy groups -OCH3 is 1. The molecule has 11 nitrogen and oxygen atoms in total. The average molecular weight is 599 g/mol. The Balaban J connectivity index is 1.41. The standard InChI is InChI=1S/C31H23ClN4O7/c1-42-26-16-5-20(6-17-26)7-18-28(37)43-29-23(3-2-4-27(29)36(40)41)19-33-35-31(39)22-10-14-25(15-11-22)34-30(38)21-8-12-24(32)13-9-21/h2-19H,1H3,(H,34,38)(H,35,39)/b18-7+,33-19+. The van der Waals surface area contributed by atoms with Crippen molar-refractivity contribution in [3.63, 3.8) is 0 Å². The van der Waals surface area contributed by atoms with Gasteiger partial charge in [-0.05, 0) is 78.4 Å². The minimum absolute atomic E-state index is 0.0842. The van der Waals surface area contributed by atoms with Crippen LogP contribution in [-0.4, -0.2) is 36.0 Å². The van der Waals surface area contributed by atoms with Crippen LogP contribution in [0.3, 0.4) is 0 Å². The summed E-state index contributed by atoms with van der Waals surface area (Å²) in [5.41, 5.74) is 3.74. The van der Waals surface area contributed by atoms with Gasteiger partial charge in [0, 0.05) is 39.5 Å². The van der Waals surface area contributed by atoms with Crippen LogP contribution < -0.4 is 20.2 Å². The highest BCUT2D eigenvalue weighted by molar-refractivity contribution is 6.30. The second-order valence-electron chi connectivity index (χ2n) is 8.72. The average Bonchev–Trinajstić information content (AvgIpc) is 3.01. The first-order chi connectivity index (χ1) is 20.7. The Morgan fingerprint density at radius 2 is 1.53 bits per heavy atom. The van der Waals surface area contributed by atoms with Gasteiger partial charge in [-0.15, -0.1) is 0 Å². The van der Waals surface area contributed by atoms with Crippen LogP contribution in [0.1, 0.15) is 31.8 Å². The van der Waals surface area contributed by atoms with Crippen LogP contribution >= 0.6 is 11.6 Å². The number of carbonyl (C=O) groups is 3. The van der Waals surface area contributed by atoms with Crippen molar-refractivity contribution in [3.8, 4) is 11.5 Å². The fourth-order valence-corrected chi connectivity index (χ4v) is 3.77. The summed E-state index contributed by atoms with van der Waals surface area (Å²) in [4.78, 5) is 48.3. The number of carbonyl (C=O) groups excluding carboxylic acids is 3. The molecule has 0 heterocycles. The third kappa shape index (κ3) is 8.35. The first-order valence-electron chi connectivity index (χ1n) is 12.6. The molecule has 216 valence electrons. The number of nitrogens with zero attached hydrogens (tertiary/aromatic N) is 2. The molecule has 0 aliphatic rings. The number of esters is 1. The number of hydrogen-bond donors (Lipinski definition) is 2. The molecule has 0 spiro atoms. The van der Waals surface area contributed by atoms with Crippen LogP contribution in [0.5, 0.6) is 11.5 Å². The van der Waals surface area contributed by atoms with Crippen LogP contribution in [0.2, 0.25) is 5.02 Å². The molecule has 0 aromatic heterocycles. The summed E-state index contributed by atoms with van der Waals surface area (Å²) in [5.74, 6) is -1.48. The topological polar surface area (TPSA) is 149 Å². The van der Waals surface area contributed by atoms with E-state index in [1.807, 2.05) is 0 Å². The summed E-state index contributed by atoms with van der Waals surface area (Å²) in [6, 6.07) is 23.3. The Kier molecular flexibility index (Phi) is 9.95. The normalized spacial score (nSPS) is 10.8. The Morgan fingerprint density at radius 3 is 2.19 bits per heavy atom. The molecule has 2 N–H and O–H groups in total. The second kappa shape index (κ2) is 14.2. The van der Waals surface area contributed by atoms with Crippen molar-refractivity contribution in [1.82, 2.24) is 5.43 Å². The molecule has 4 rings (SSSR count). The van der Waals surface area contributed by atoms with Gasteiger partial charge in [0.05, 0.1) is 18.2 Å². The lowest BCUT2D eigenvalue weighted by Crippen LogP contribution is -2.18. The van der Waals surface area contributed by atoms with E-state index in [1.165, 1.54) is 43.5 Å². The first-order valence-corrected chi connectivity index (χ1v) is 12.9. The number of ether oxygens (including phenoxy) is 2. The van der Waals surface area contributed by atoms with Crippen LogP contribution in [0.25, 0.3) is 6.08 Å². The van der Waals surface area contributed by atoms with Crippen molar-refractivity contribution in [2.75, 3.05) is 12.4 Å². The quantitative estimate of drug-likeness (QED) is 0.0577. The Morgan fingerprint density at radius 1 is 0.884 bits per heavy atom. The number of hydrazone groups is 1. The molecule has 0 bridgehead atoms.